The predicted octanol–water partition coefficient (Wildman–Crippen LogP) is -1.78. The van der Waals surface area contributed by atoms with Crippen LogP contribution in [-0.4, -0.2) is 50.6 Å². The summed E-state index contributed by atoms with van der Waals surface area (Å²) in [6.45, 7) is -0.858. The van der Waals surface area contributed by atoms with Crippen LogP contribution in [0.4, 0.5) is 0 Å². The van der Waals surface area contributed by atoms with Crippen molar-refractivity contribution in [2.24, 2.45) is 0 Å². The van der Waals surface area contributed by atoms with Crippen LogP contribution in [0.15, 0.2) is 0 Å². The maximum Gasteiger partial charge on any atom is 0.193 e. The molecular formula is C6H11ClO5. The molecule has 5 nitrogen and oxygen atoms in total. The van der Waals surface area contributed by atoms with Crippen LogP contribution >= 0.6 is 11.6 Å². The van der Waals surface area contributed by atoms with Crippen LogP contribution in [-0.2, 0) is 4.79 Å². The number of carbonyl (C=O) groups excluding carboxylic acids is 1. The van der Waals surface area contributed by atoms with Crippen LogP contribution in [0.5, 0.6) is 0 Å². The third-order valence-corrected chi connectivity index (χ3v) is 1.89. The first-order valence-corrected chi connectivity index (χ1v) is 3.57. The van der Waals surface area contributed by atoms with Gasteiger partial charge in [0.2, 0.25) is 0 Å². The highest BCUT2D eigenvalue weighted by Crippen LogP contribution is 2.22. The molecule has 0 aliphatic carbocycles. The van der Waals surface area contributed by atoms with Gasteiger partial charge in [-0.2, -0.15) is 0 Å². The zero-order valence-corrected chi connectivity index (χ0v) is 6.90. The van der Waals surface area contributed by atoms with Crippen molar-refractivity contribution in [3.63, 3.8) is 0 Å². The van der Waals surface area contributed by atoms with Crippen molar-refractivity contribution < 1.29 is 26.6 Å². The van der Waals surface area contributed by atoms with Gasteiger partial charge < -0.3 is 25.2 Å². The van der Waals surface area contributed by atoms with Crippen LogP contribution < -0.4 is 0 Å². The molecular weight excluding hydrogens is 188 g/mol. The number of rotatable bonds is 5. The topological polar surface area (TPSA) is 98.0 Å². The van der Waals surface area contributed by atoms with Crippen molar-refractivity contribution in [3.8, 4) is 0 Å². The normalized spacial score (nSPS) is 22.2. The summed E-state index contributed by atoms with van der Waals surface area (Å²) in [5.74, 6) is 0. The molecule has 0 aromatic heterocycles. The van der Waals surface area contributed by atoms with Crippen LogP contribution in [0.25, 0.3) is 0 Å². The molecule has 0 rings (SSSR count). The minimum absolute atomic E-state index is 0.711. The standard InChI is InChI=1S/C6H11ClO5/c7-6(12,5(11)3-9)4(10)1-2-8/h2,4-5,9-12H,1,3H2/t4-,5-,6-/m1/s1/i2D. The number of aldehydes is 1. The predicted molar refractivity (Wildman–Crippen MR) is 40.6 cm³/mol. The summed E-state index contributed by atoms with van der Waals surface area (Å²) in [6.07, 6.45) is -5.40. The molecule has 0 aliphatic rings. The van der Waals surface area contributed by atoms with Gasteiger partial charge in [-0.05, 0) is 0 Å². The SMILES string of the molecule is [2H]C(=O)C[C@@H](O)[C@](O)(Cl)[C@H](O)CO. The molecule has 4 N–H and O–H groups in total. The summed E-state index contributed by atoms with van der Waals surface area (Å²) in [7, 11) is 0. The second-order valence-electron chi connectivity index (χ2n) is 2.29. The van der Waals surface area contributed by atoms with Gasteiger partial charge in [0, 0.05) is 6.42 Å². The Morgan fingerprint density at radius 2 is 2.08 bits per heavy atom. The molecule has 0 spiro atoms. The minimum Gasteiger partial charge on any atom is -0.394 e. The molecule has 0 saturated heterocycles. The second-order valence-corrected chi connectivity index (χ2v) is 2.90. The largest absolute Gasteiger partial charge is 0.394 e. The Hall–Kier alpha value is -0.200. The van der Waals surface area contributed by atoms with E-state index in [0.29, 0.717) is 0 Å². The molecule has 0 unspecified atom stereocenters. The highest BCUT2D eigenvalue weighted by molar-refractivity contribution is 6.23. The molecule has 72 valence electrons. The number of alkyl halides is 1. The zero-order valence-electron chi connectivity index (χ0n) is 7.14. The Bertz CT molecular complexity index is 186. The number of hydrogen-bond donors (Lipinski definition) is 4. The van der Waals surface area contributed by atoms with Crippen LogP contribution in [0, 0.1) is 0 Å². The van der Waals surface area contributed by atoms with E-state index in [1.165, 1.54) is 0 Å². The smallest absolute Gasteiger partial charge is 0.193 e. The van der Waals surface area contributed by atoms with Crippen molar-refractivity contribution >= 4 is 17.9 Å². The third-order valence-electron chi connectivity index (χ3n) is 1.38. The fraction of sp³-hybridized carbons (Fsp3) is 0.833. The van der Waals surface area contributed by atoms with Crippen molar-refractivity contribution in [1.82, 2.24) is 0 Å². The lowest BCUT2D eigenvalue weighted by Gasteiger charge is -2.28. The van der Waals surface area contributed by atoms with Crippen molar-refractivity contribution in [2.75, 3.05) is 6.61 Å². The Labute approximate surface area is 75.6 Å². The van der Waals surface area contributed by atoms with Gasteiger partial charge in [-0.25, -0.2) is 0 Å². The summed E-state index contributed by atoms with van der Waals surface area (Å²) in [4.78, 5) is 10.2. The van der Waals surface area contributed by atoms with E-state index < -0.39 is 36.6 Å². The molecule has 0 aliphatic heterocycles. The monoisotopic (exact) mass is 199 g/mol. The molecule has 0 saturated carbocycles. The van der Waals surface area contributed by atoms with Gasteiger partial charge in [-0.3, -0.25) is 0 Å². The fourth-order valence-corrected chi connectivity index (χ4v) is 0.718. The maximum atomic E-state index is 10.2. The van der Waals surface area contributed by atoms with E-state index in [1.54, 1.807) is 0 Å². The minimum atomic E-state index is -2.51. The van der Waals surface area contributed by atoms with Gasteiger partial charge in [-0.15, -0.1) is 0 Å². The number of carbonyl (C=O) groups is 1. The van der Waals surface area contributed by atoms with Crippen LogP contribution in [0.1, 0.15) is 7.79 Å². The molecule has 0 radical (unpaired) electrons. The highest BCUT2D eigenvalue weighted by Gasteiger charge is 2.40. The van der Waals surface area contributed by atoms with Gasteiger partial charge in [0.05, 0.1) is 6.61 Å². The summed E-state index contributed by atoms with van der Waals surface area (Å²) >= 11 is 5.24. The molecule has 12 heavy (non-hydrogen) atoms. The average molecular weight is 200 g/mol. The van der Waals surface area contributed by atoms with Crippen molar-refractivity contribution in [2.45, 2.75) is 23.7 Å². The lowest BCUT2D eigenvalue weighted by molar-refractivity contribution is -0.123. The van der Waals surface area contributed by atoms with E-state index in [-0.39, 0.29) is 0 Å². The Kier molecular flexibility index (Phi) is 3.90. The molecule has 0 aromatic carbocycles. The molecule has 0 heterocycles. The third kappa shape index (κ3) is 2.69. The van der Waals surface area contributed by atoms with Gasteiger partial charge in [0.15, 0.2) is 5.06 Å². The molecule has 6 heteroatoms. The molecule has 0 fully saturated rings. The van der Waals surface area contributed by atoms with Gasteiger partial charge in [0.1, 0.15) is 19.8 Å². The van der Waals surface area contributed by atoms with E-state index >= 15 is 0 Å². The van der Waals surface area contributed by atoms with E-state index in [0.717, 1.165) is 0 Å². The van der Waals surface area contributed by atoms with Gasteiger partial charge >= 0.3 is 0 Å². The Balaban J connectivity index is 4.34. The van der Waals surface area contributed by atoms with E-state index in [9.17, 15) is 9.90 Å². The number of hydrogen-bond acceptors (Lipinski definition) is 5. The molecule has 0 amide bonds. The maximum absolute atomic E-state index is 10.2. The highest BCUT2D eigenvalue weighted by atomic mass is 35.5. The summed E-state index contributed by atoms with van der Waals surface area (Å²) in [5, 5.41) is 33.0. The van der Waals surface area contributed by atoms with Crippen molar-refractivity contribution in [1.29, 1.82) is 0 Å². The molecule has 0 aromatic rings. The average Bonchev–Trinajstić information content (AvgIpc) is 2.01. The van der Waals surface area contributed by atoms with Crippen LogP contribution in [0.2, 0.25) is 0 Å². The van der Waals surface area contributed by atoms with Crippen molar-refractivity contribution in [3.05, 3.63) is 0 Å². The number of halogens is 1. The molecule has 3 atom stereocenters. The van der Waals surface area contributed by atoms with Crippen LogP contribution in [0.3, 0.4) is 0 Å². The number of aliphatic hydroxyl groups excluding tert-OH is 3. The fourth-order valence-electron chi connectivity index (χ4n) is 0.572. The Morgan fingerprint density at radius 1 is 1.58 bits per heavy atom. The summed E-state index contributed by atoms with van der Waals surface area (Å²) in [6, 6.07) is 0. The molecule has 0 bridgehead atoms. The quantitative estimate of drug-likeness (QED) is 0.310. The first kappa shape index (κ1) is 9.88. The van der Waals surface area contributed by atoms with E-state index in [2.05, 4.69) is 0 Å². The lowest BCUT2D eigenvalue weighted by Crippen LogP contribution is -2.49. The lowest BCUT2D eigenvalue weighted by atomic mass is 10.1. The van der Waals surface area contributed by atoms with Gasteiger partial charge in [0.25, 0.3) is 0 Å². The number of aliphatic hydroxyl groups is 4. The van der Waals surface area contributed by atoms with E-state index in [1.807, 2.05) is 0 Å². The first-order chi connectivity index (χ1) is 5.82. The van der Waals surface area contributed by atoms with E-state index in [4.69, 9.17) is 28.3 Å². The summed E-state index contributed by atoms with van der Waals surface area (Å²) in [5.41, 5.74) is 0. The summed E-state index contributed by atoms with van der Waals surface area (Å²) < 4.78 is 6.47. The van der Waals surface area contributed by atoms with Gasteiger partial charge in [-0.1, -0.05) is 11.6 Å². The Morgan fingerprint density at radius 3 is 2.42 bits per heavy atom. The second kappa shape index (κ2) is 4.74. The zero-order chi connectivity index (χ0) is 10.6. The first-order valence-electron chi connectivity index (χ1n) is 3.70.